The van der Waals surface area contributed by atoms with Crippen LogP contribution in [-0.2, 0) is 16.9 Å². The Balaban J connectivity index is 2.06. The van der Waals surface area contributed by atoms with Crippen molar-refractivity contribution in [3.8, 4) is 0 Å². The maximum atomic E-state index is 14.1. The van der Waals surface area contributed by atoms with Crippen molar-refractivity contribution in [3.63, 3.8) is 0 Å². The van der Waals surface area contributed by atoms with Crippen LogP contribution in [0.25, 0.3) is 0 Å². The molecule has 3 aromatic carbocycles. The van der Waals surface area contributed by atoms with Gasteiger partial charge in [-0.15, -0.1) is 0 Å². The van der Waals surface area contributed by atoms with Crippen LogP contribution >= 0.6 is 7.14 Å². The first-order valence-corrected chi connectivity index (χ1v) is 11.3. The van der Waals surface area contributed by atoms with E-state index in [9.17, 15) is 9.36 Å². The van der Waals surface area contributed by atoms with Gasteiger partial charge in [0.25, 0.3) is 0 Å². The lowest BCUT2D eigenvalue weighted by molar-refractivity contribution is 0.107. The van der Waals surface area contributed by atoms with Crippen LogP contribution in [0.3, 0.4) is 0 Å². The number of carbonyl (C=O) groups excluding carboxylic acids is 1. The van der Waals surface area contributed by atoms with E-state index in [1.54, 1.807) is 0 Å². The molecular weight excluding hydrogens is 351 g/mol. The molecule has 27 heavy (non-hydrogen) atoms. The van der Waals surface area contributed by atoms with Crippen molar-refractivity contribution in [2.75, 3.05) is 0 Å². The molecule has 0 saturated carbocycles. The molecule has 0 heterocycles. The molecule has 138 valence electrons. The van der Waals surface area contributed by atoms with Crippen LogP contribution < -0.4 is 0 Å². The molecule has 0 amide bonds. The fourth-order valence-electron chi connectivity index (χ4n) is 3.68. The highest BCUT2D eigenvalue weighted by atomic mass is 31.2. The van der Waals surface area contributed by atoms with Gasteiger partial charge in [0.1, 0.15) is 0 Å². The number of hydrogen-bond donors (Lipinski definition) is 0. The van der Waals surface area contributed by atoms with Crippen LogP contribution in [-0.4, -0.2) is 5.52 Å². The van der Waals surface area contributed by atoms with Gasteiger partial charge in [0.15, 0.2) is 7.14 Å². The maximum absolute atomic E-state index is 14.1. The van der Waals surface area contributed by atoms with Crippen molar-refractivity contribution in [2.24, 2.45) is 0 Å². The second-order valence-corrected chi connectivity index (χ2v) is 10.1. The molecule has 0 spiro atoms. The number of rotatable bonds is 6. The Bertz CT molecular complexity index is 923. The molecule has 0 radical (unpaired) electrons. The van der Waals surface area contributed by atoms with Crippen molar-refractivity contribution < 1.29 is 9.36 Å². The summed E-state index contributed by atoms with van der Waals surface area (Å²) in [6, 6.07) is 23.3. The average molecular weight is 376 g/mol. The molecule has 2 nitrogen and oxygen atoms in total. The lowest BCUT2D eigenvalue weighted by Crippen LogP contribution is -2.10. The van der Waals surface area contributed by atoms with E-state index in [0.717, 1.165) is 27.8 Å². The highest BCUT2D eigenvalue weighted by Crippen LogP contribution is 2.55. The summed E-state index contributed by atoms with van der Waals surface area (Å²) in [6.45, 7) is 5.88. The Labute approximate surface area is 161 Å². The summed E-state index contributed by atoms with van der Waals surface area (Å²) < 4.78 is 14.1. The summed E-state index contributed by atoms with van der Waals surface area (Å²) in [5.41, 5.74) is 5.21. The quantitative estimate of drug-likeness (QED) is 0.459. The summed E-state index contributed by atoms with van der Waals surface area (Å²) in [6.07, 6.45) is 0.572. The van der Waals surface area contributed by atoms with Gasteiger partial charge in [0.05, 0.1) is 0 Å². The van der Waals surface area contributed by atoms with E-state index in [1.165, 1.54) is 0 Å². The SMILES string of the molecule is Cc1cc(C)c(C(=O)P(=O)(Cc2ccccc2)Cc2ccccc2)c(C)c1. The topological polar surface area (TPSA) is 34.1 Å². The van der Waals surface area contributed by atoms with Gasteiger partial charge in [-0.25, -0.2) is 0 Å². The first-order chi connectivity index (χ1) is 12.9. The Morgan fingerprint density at radius 2 is 1.15 bits per heavy atom. The van der Waals surface area contributed by atoms with Crippen LogP contribution in [0.15, 0.2) is 72.8 Å². The van der Waals surface area contributed by atoms with Crippen molar-refractivity contribution in [1.82, 2.24) is 0 Å². The number of carbonyl (C=O) groups is 1. The molecule has 0 aliphatic rings. The van der Waals surface area contributed by atoms with Gasteiger partial charge >= 0.3 is 0 Å². The Morgan fingerprint density at radius 1 is 0.741 bits per heavy atom. The third-order valence-corrected chi connectivity index (χ3v) is 7.54. The van der Waals surface area contributed by atoms with Gasteiger partial charge < -0.3 is 4.57 Å². The smallest absolute Gasteiger partial charge is 0.222 e. The van der Waals surface area contributed by atoms with E-state index in [1.807, 2.05) is 93.6 Å². The highest BCUT2D eigenvalue weighted by molar-refractivity contribution is 7.79. The summed E-state index contributed by atoms with van der Waals surface area (Å²) >= 11 is 0. The Morgan fingerprint density at radius 3 is 1.56 bits per heavy atom. The van der Waals surface area contributed by atoms with E-state index in [-0.39, 0.29) is 17.8 Å². The molecule has 3 rings (SSSR count). The Hall–Kier alpha value is -2.44. The molecular formula is C24H25O2P. The normalized spacial score (nSPS) is 11.4. The van der Waals surface area contributed by atoms with E-state index < -0.39 is 7.14 Å². The van der Waals surface area contributed by atoms with E-state index in [4.69, 9.17) is 0 Å². The number of aryl methyl sites for hydroxylation is 3. The van der Waals surface area contributed by atoms with Gasteiger partial charge in [-0.05, 0) is 43.0 Å². The average Bonchev–Trinajstić information content (AvgIpc) is 2.62. The minimum Gasteiger partial charge on any atom is -0.314 e. The summed E-state index contributed by atoms with van der Waals surface area (Å²) in [4.78, 5) is 13.6. The molecule has 0 N–H and O–H groups in total. The molecule has 0 aromatic heterocycles. The zero-order valence-corrected chi connectivity index (χ0v) is 17.0. The minimum atomic E-state index is -3.18. The molecule has 3 heteroatoms. The third-order valence-electron chi connectivity index (χ3n) is 4.82. The van der Waals surface area contributed by atoms with Crippen LogP contribution in [0.5, 0.6) is 0 Å². The zero-order chi connectivity index (χ0) is 19.4. The molecule has 0 unspecified atom stereocenters. The minimum absolute atomic E-state index is 0.204. The lowest BCUT2D eigenvalue weighted by Gasteiger charge is -2.20. The van der Waals surface area contributed by atoms with Gasteiger partial charge in [-0.2, -0.15) is 0 Å². The predicted molar refractivity (Wildman–Crippen MR) is 113 cm³/mol. The molecule has 0 aliphatic heterocycles. The van der Waals surface area contributed by atoms with Crippen molar-refractivity contribution >= 4 is 12.7 Å². The predicted octanol–water partition coefficient (Wildman–Crippen LogP) is 6.52. The number of hydrogen-bond acceptors (Lipinski definition) is 2. The molecule has 0 fully saturated rings. The molecule has 3 aromatic rings. The third kappa shape index (κ3) is 4.46. The van der Waals surface area contributed by atoms with Crippen molar-refractivity contribution in [2.45, 2.75) is 33.1 Å². The van der Waals surface area contributed by atoms with Crippen LogP contribution in [0, 0.1) is 20.8 Å². The van der Waals surface area contributed by atoms with Gasteiger partial charge in [0.2, 0.25) is 5.52 Å². The van der Waals surface area contributed by atoms with E-state index in [0.29, 0.717) is 5.56 Å². The second kappa shape index (κ2) is 8.06. The Kier molecular flexibility index (Phi) is 5.77. The van der Waals surface area contributed by atoms with Gasteiger partial charge in [-0.1, -0.05) is 78.4 Å². The van der Waals surface area contributed by atoms with E-state index >= 15 is 0 Å². The molecule has 0 aliphatic carbocycles. The van der Waals surface area contributed by atoms with E-state index in [2.05, 4.69) is 0 Å². The van der Waals surface area contributed by atoms with Gasteiger partial charge in [0, 0.05) is 17.9 Å². The maximum Gasteiger partial charge on any atom is 0.222 e. The summed E-state index contributed by atoms with van der Waals surface area (Å²) in [7, 11) is -3.18. The van der Waals surface area contributed by atoms with Crippen LogP contribution in [0.2, 0.25) is 0 Å². The number of benzene rings is 3. The van der Waals surface area contributed by atoms with Crippen molar-refractivity contribution in [3.05, 3.63) is 106 Å². The lowest BCUT2D eigenvalue weighted by atomic mass is 10.0. The molecule has 0 bridgehead atoms. The zero-order valence-electron chi connectivity index (χ0n) is 16.1. The highest BCUT2D eigenvalue weighted by Gasteiger charge is 2.34. The first-order valence-electron chi connectivity index (χ1n) is 9.18. The van der Waals surface area contributed by atoms with Crippen LogP contribution in [0.1, 0.15) is 38.2 Å². The largest absolute Gasteiger partial charge is 0.314 e. The monoisotopic (exact) mass is 376 g/mol. The van der Waals surface area contributed by atoms with Gasteiger partial charge in [-0.3, -0.25) is 4.79 Å². The first kappa shape index (κ1) is 19.3. The fraction of sp³-hybridized carbons (Fsp3) is 0.208. The second-order valence-electron chi connectivity index (χ2n) is 7.26. The van der Waals surface area contributed by atoms with Crippen LogP contribution in [0.4, 0.5) is 0 Å². The summed E-state index contributed by atoms with van der Waals surface area (Å²) in [5, 5.41) is 0. The standard InChI is InChI=1S/C24H25O2P/c1-18-14-19(2)23(20(3)15-18)24(25)27(26,16-21-10-6-4-7-11-21)17-22-12-8-5-9-13-22/h4-15H,16-17H2,1-3H3. The molecule has 0 atom stereocenters. The molecule has 0 saturated heterocycles. The summed E-state index contributed by atoms with van der Waals surface area (Å²) in [5.74, 6) is 0. The van der Waals surface area contributed by atoms with Crippen molar-refractivity contribution in [1.29, 1.82) is 0 Å². The fourth-order valence-corrected chi connectivity index (χ4v) is 6.44.